The van der Waals surface area contributed by atoms with E-state index in [0.29, 0.717) is 11.3 Å². The van der Waals surface area contributed by atoms with Gasteiger partial charge in [0.05, 0.1) is 22.6 Å². The molecule has 3 aromatic heterocycles. The maximum atomic E-state index is 12.7. The molecule has 104 valence electrons. The number of aromatic amines is 1. The van der Waals surface area contributed by atoms with Crippen LogP contribution in [0, 0.1) is 25.5 Å². The van der Waals surface area contributed by atoms with Crippen molar-refractivity contribution in [2.45, 2.75) is 27.3 Å². The summed E-state index contributed by atoms with van der Waals surface area (Å²) < 4.78 is 2.04. The Kier molecular flexibility index (Phi) is 3.35. The summed E-state index contributed by atoms with van der Waals surface area (Å²) in [5, 5.41) is 3.70. The van der Waals surface area contributed by atoms with Crippen molar-refractivity contribution in [3.8, 4) is 0 Å². The lowest BCUT2D eigenvalue weighted by molar-refractivity contribution is 0.720. The first-order valence-electron chi connectivity index (χ1n) is 6.11. The van der Waals surface area contributed by atoms with Crippen LogP contribution in [0.3, 0.4) is 0 Å². The van der Waals surface area contributed by atoms with Gasteiger partial charge in [0.15, 0.2) is 4.77 Å². The molecule has 0 fully saturated rings. The second kappa shape index (κ2) is 4.91. The van der Waals surface area contributed by atoms with Crippen LogP contribution >= 0.6 is 34.9 Å². The number of aryl methyl sites for hydroxylation is 3. The van der Waals surface area contributed by atoms with Crippen molar-refractivity contribution in [1.82, 2.24) is 14.5 Å². The van der Waals surface area contributed by atoms with E-state index in [9.17, 15) is 4.79 Å². The summed E-state index contributed by atoms with van der Waals surface area (Å²) in [5.41, 5.74) is 1.87. The van der Waals surface area contributed by atoms with Gasteiger partial charge in [-0.2, -0.15) is 0 Å². The average molecular weight is 323 g/mol. The molecule has 3 rings (SSSR count). The van der Waals surface area contributed by atoms with Crippen molar-refractivity contribution >= 4 is 45.1 Å². The zero-order valence-electron chi connectivity index (χ0n) is 11.3. The molecule has 0 saturated carbocycles. The molecule has 0 aliphatic rings. The highest BCUT2D eigenvalue weighted by Crippen LogP contribution is 2.25. The summed E-state index contributed by atoms with van der Waals surface area (Å²) >= 11 is 8.47. The molecule has 1 N–H and O–H groups in total. The molecule has 0 bridgehead atoms. The summed E-state index contributed by atoms with van der Waals surface area (Å²) in [6.45, 7) is 6.37. The summed E-state index contributed by atoms with van der Waals surface area (Å²) in [5.74, 6) is 0. The maximum absolute atomic E-state index is 12.7. The molecule has 0 saturated heterocycles. The van der Waals surface area contributed by atoms with Crippen molar-refractivity contribution < 1.29 is 0 Å². The van der Waals surface area contributed by atoms with E-state index < -0.39 is 0 Å². The Labute approximate surface area is 128 Å². The monoisotopic (exact) mass is 323 g/mol. The molecule has 4 nitrogen and oxygen atoms in total. The van der Waals surface area contributed by atoms with Gasteiger partial charge in [0, 0.05) is 10.3 Å². The molecule has 0 aliphatic carbocycles. The lowest BCUT2D eigenvalue weighted by Gasteiger charge is -2.04. The van der Waals surface area contributed by atoms with Crippen molar-refractivity contribution in [2.75, 3.05) is 0 Å². The number of aromatic nitrogens is 3. The Morgan fingerprint density at radius 3 is 2.80 bits per heavy atom. The number of nitrogens with one attached hydrogen (secondary N) is 1. The minimum atomic E-state index is -0.0312. The number of fused-ring (bicyclic) bond motifs is 1. The Hall–Kier alpha value is -1.31. The standard InChI is InChI=1S/C13H13N3OS3/c1-6-7(2)20-11-10(6)12(17)16(13(18)15-11)4-9-5-19-8(3)14-9/h5H,4H2,1-3H3,(H,15,18). The van der Waals surface area contributed by atoms with Gasteiger partial charge >= 0.3 is 0 Å². The van der Waals surface area contributed by atoms with Crippen molar-refractivity contribution in [1.29, 1.82) is 0 Å². The molecule has 0 amide bonds. The first kappa shape index (κ1) is 13.7. The highest BCUT2D eigenvalue weighted by molar-refractivity contribution is 7.71. The number of thiazole rings is 1. The predicted octanol–water partition coefficient (Wildman–Crippen LogP) is 3.55. The van der Waals surface area contributed by atoms with Gasteiger partial charge in [-0.15, -0.1) is 22.7 Å². The summed E-state index contributed by atoms with van der Waals surface area (Å²) in [4.78, 5) is 22.2. The number of hydrogen-bond donors (Lipinski definition) is 1. The molecule has 3 heterocycles. The fourth-order valence-electron chi connectivity index (χ4n) is 2.15. The van der Waals surface area contributed by atoms with E-state index >= 15 is 0 Å². The van der Waals surface area contributed by atoms with Crippen molar-refractivity contribution in [2.24, 2.45) is 0 Å². The molecular formula is C13H13N3OS3. The van der Waals surface area contributed by atoms with E-state index in [-0.39, 0.29) is 5.56 Å². The predicted molar refractivity (Wildman–Crippen MR) is 86.7 cm³/mol. The average Bonchev–Trinajstić information content (AvgIpc) is 2.90. The zero-order valence-corrected chi connectivity index (χ0v) is 13.8. The first-order chi connectivity index (χ1) is 9.47. The van der Waals surface area contributed by atoms with Crippen LogP contribution in [-0.2, 0) is 6.54 Å². The quantitative estimate of drug-likeness (QED) is 0.734. The van der Waals surface area contributed by atoms with Gasteiger partial charge in [-0.25, -0.2) is 4.98 Å². The molecule has 0 aliphatic heterocycles. The van der Waals surface area contributed by atoms with Gasteiger partial charge in [0.25, 0.3) is 5.56 Å². The van der Waals surface area contributed by atoms with E-state index in [1.165, 1.54) is 0 Å². The van der Waals surface area contributed by atoms with Gasteiger partial charge < -0.3 is 4.98 Å². The third-order valence-corrected chi connectivity index (χ3v) is 5.56. The number of thiophene rings is 1. The van der Waals surface area contributed by atoms with Crippen LogP contribution in [0.15, 0.2) is 10.2 Å². The highest BCUT2D eigenvalue weighted by Gasteiger charge is 2.13. The molecule has 7 heteroatoms. The lowest BCUT2D eigenvalue weighted by Crippen LogP contribution is -2.22. The number of H-pyrrole nitrogens is 1. The fourth-order valence-corrected chi connectivity index (χ4v) is 4.12. The Morgan fingerprint density at radius 2 is 2.15 bits per heavy atom. The van der Waals surface area contributed by atoms with Crippen LogP contribution < -0.4 is 5.56 Å². The SMILES string of the molecule is Cc1nc(Cn2c(=S)[nH]c3sc(C)c(C)c3c2=O)cs1. The zero-order chi connectivity index (χ0) is 14.4. The Bertz CT molecular complexity index is 913. The smallest absolute Gasteiger partial charge is 0.263 e. The van der Waals surface area contributed by atoms with E-state index in [4.69, 9.17) is 12.2 Å². The van der Waals surface area contributed by atoms with Crippen LogP contribution in [0.25, 0.3) is 10.2 Å². The first-order valence-corrected chi connectivity index (χ1v) is 8.21. The molecule has 0 unspecified atom stereocenters. The second-order valence-corrected chi connectivity index (χ2v) is 7.34. The maximum Gasteiger partial charge on any atom is 0.263 e. The minimum Gasteiger partial charge on any atom is -0.323 e. The number of rotatable bonds is 2. The van der Waals surface area contributed by atoms with Crippen LogP contribution in [0.2, 0.25) is 0 Å². The van der Waals surface area contributed by atoms with Gasteiger partial charge in [-0.05, 0) is 38.6 Å². The Balaban J connectivity index is 2.23. The summed E-state index contributed by atoms with van der Waals surface area (Å²) in [6, 6.07) is 0. The topological polar surface area (TPSA) is 50.7 Å². The van der Waals surface area contributed by atoms with Crippen LogP contribution in [0.1, 0.15) is 21.1 Å². The lowest BCUT2D eigenvalue weighted by atomic mass is 10.2. The minimum absolute atomic E-state index is 0.0312. The van der Waals surface area contributed by atoms with E-state index in [1.807, 2.05) is 26.2 Å². The van der Waals surface area contributed by atoms with E-state index in [2.05, 4.69) is 9.97 Å². The number of nitrogens with zero attached hydrogens (tertiary/aromatic N) is 2. The summed E-state index contributed by atoms with van der Waals surface area (Å²) in [7, 11) is 0. The second-order valence-electron chi connectivity index (χ2n) is 4.67. The van der Waals surface area contributed by atoms with E-state index in [1.54, 1.807) is 27.2 Å². The molecular weight excluding hydrogens is 310 g/mol. The molecule has 20 heavy (non-hydrogen) atoms. The van der Waals surface area contributed by atoms with Gasteiger partial charge in [-0.3, -0.25) is 9.36 Å². The molecule has 0 atom stereocenters. The third-order valence-electron chi connectivity index (χ3n) is 3.30. The third kappa shape index (κ3) is 2.15. The Morgan fingerprint density at radius 1 is 1.40 bits per heavy atom. The fraction of sp³-hybridized carbons (Fsp3) is 0.308. The van der Waals surface area contributed by atoms with Gasteiger partial charge in [-0.1, -0.05) is 0 Å². The van der Waals surface area contributed by atoms with Crippen molar-refractivity contribution in [3.63, 3.8) is 0 Å². The van der Waals surface area contributed by atoms with Gasteiger partial charge in [0.2, 0.25) is 0 Å². The van der Waals surface area contributed by atoms with E-state index in [0.717, 1.165) is 31.4 Å². The molecule has 0 aromatic carbocycles. The van der Waals surface area contributed by atoms with Crippen LogP contribution in [0.5, 0.6) is 0 Å². The number of hydrogen-bond acceptors (Lipinski definition) is 5. The van der Waals surface area contributed by atoms with Crippen LogP contribution in [0.4, 0.5) is 0 Å². The normalized spacial score (nSPS) is 11.3. The van der Waals surface area contributed by atoms with Gasteiger partial charge in [0.1, 0.15) is 4.83 Å². The molecule has 0 radical (unpaired) electrons. The summed E-state index contributed by atoms with van der Waals surface area (Å²) in [6.07, 6.45) is 0. The largest absolute Gasteiger partial charge is 0.323 e. The molecule has 3 aromatic rings. The highest BCUT2D eigenvalue weighted by atomic mass is 32.1. The molecule has 0 spiro atoms. The van der Waals surface area contributed by atoms with Crippen molar-refractivity contribution in [3.05, 3.63) is 41.6 Å². The van der Waals surface area contributed by atoms with Crippen LogP contribution in [-0.4, -0.2) is 14.5 Å².